The van der Waals surface area contributed by atoms with Crippen molar-refractivity contribution < 1.29 is 31.4 Å². The fraction of sp³-hybridized carbons (Fsp3) is 0.235. The first-order chi connectivity index (χ1) is 12.7. The fourth-order valence-electron chi connectivity index (χ4n) is 2.71. The van der Waals surface area contributed by atoms with Crippen molar-refractivity contribution in [3.05, 3.63) is 57.8 Å². The molecule has 3 rings (SSSR count). The highest BCUT2D eigenvalue weighted by atomic mass is 35.5. The largest absolute Gasteiger partial charge is 0.421 e. The maximum atomic E-state index is 13.3. The topological polar surface area (TPSA) is 38.0 Å². The van der Waals surface area contributed by atoms with Crippen LogP contribution in [0.2, 0.25) is 10.0 Å². The molecule has 0 bridgehead atoms. The van der Waals surface area contributed by atoms with Crippen LogP contribution in [0.25, 0.3) is 16.7 Å². The fourth-order valence-corrected chi connectivity index (χ4v) is 3.38. The second-order valence-corrected chi connectivity index (χ2v) is 6.95. The standard InChI is InChI=1S/C17H10Cl2F6N2O/c1-15(28,17(23,24)25)9-7-27(12-3-2-4-26-13(9)12)14-10(18)5-8(6-11(14)19)16(20,21)22/h2-7,28H,1H3. The van der Waals surface area contributed by atoms with Crippen LogP contribution >= 0.6 is 23.2 Å². The molecule has 0 radical (unpaired) electrons. The predicted molar refractivity (Wildman–Crippen MR) is 91.7 cm³/mol. The minimum atomic E-state index is -5.03. The summed E-state index contributed by atoms with van der Waals surface area (Å²) < 4.78 is 79.9. The maximum absolute atomic E-state index is 13.3. The third-order valence-electron chi connectivity index (χ3n) is 4.22. The van der Waals surface area contributed by atoms with E-state index in [1.807, 2.05) is 0 Å². The van der Waals surface area contributed by atoms with Crippen LogP contribution in [-0.4, -0.2) is 20.8 Å². The van der Waals surface area contributed by atoms with Gasteiger partial charge in [0.05, 0.1) is 32.3 Å². The summed E-state index contributed by atoms with van der Waals surface area (Å²) in [4.78, 5) is 3.88. The first kappa shape index (κ1) is 20.8. The highest BCUT2D eigenvalue weighted by Crippen LogP contribution is 2.44. The summed E-state index contributed by atoms with van der Waals surface area (Å²) in [7, 11) is 0. The smallest absolute Gasteiger partial charge is 0.376 e. The Morgan fingerprint density at radius 2 is 1.61 bits per heavy atom. The summed E-state index contributed by atoms with van der Waals surface area (Å²) in [5.74, 6) is 0. The van der Waals surface area contributed by atoms with E-state index in [0.717, 1.165) is 10.8 Å². The molecule has 2 heterocycles. The Morgan fingerprint density at radius 3 is 2.11 bits per heavy atom. The molecule has 1 unspecified atom stereocenters. The van der Waals surface area contributed by atoms with Gasteiger partial charge < -0.3 is 9.67 Å². The van der Waals surface area contributed by atoms with Gasteiger partial charge in [0.1, 0.15) is 0 Å². The van der Waals surface area contributed by atoms with E-state index in [1.165, 1.54) is 18.3 Å². The van der Waals surface area contributed by atoms with Crippen molar-refractivity contribution in [2.24, 2.45) is 0 Å². The number of hydrogen-bond donors (Lipinski definition) is 1. The molecule has 0 aliphatic carbocycles. The van der Waals surface area contributed by atoms with Gasteiger partial charge in [-0.1, -0.05) is 23.2 Å². The van der Waals surface area contributed by atoms with Gasteiger partial charge in [0.15, 0.2) is 5.60 Å². The molecular formula is C17H10Cl2F6N2O. The van der Waals surface area contributed by atoms with Gasteiger partial charge in [-0.3, -0.25) is 4.98 Å². The SMILES string of the molecule is CC(O)(c1cn(-c2c(Cl)cc(C(F)(F)F)cc2Cl)c2cccnc12)C(F)(F)F. The van der Waals surface area contributed by atoms with Crippen molar-refractivity contribution in [3.63, 3.8) is 0 Å². The third-order valence-corrected chi connectivity index (χ3v) is 4.80. The second kappa shape index (κ2) is 6.53. The van der Waals surface area contributed by atoms with E-state index in [9.17, 15) is 31.4 Å². The zero-order valence-corrected chi connectivity index (χ0v) is 15.3. The minimum Gasteiger partial charge on any atom is -0.376 e. The minimum absolute atomic E-state index is 0.0746. The molecule has 1 N–H and O–H groups in total. The number of pyridine rings is 1. The van der Waals surface area contributed by atoms with Crippen LogP contribution in [0.3, 0.4) is 0 Å². The van der Waals surface area contributed by atoms with E-state index in [1.54, 1.807) is 0 Å². The molecule has 0 amide bonds. The maximum Gasteiger partial charge on any atom is 0.421 e. The summed E-state index contributed by atoms with van der Waals surface area (Å²) in [5.41, 5.74) is -5.26. The van der Waals surface area contributed by atoms with E-state index in [2.05, 4.69) is 4.98 Å². The number of hydrogen-bond acceptors (Lipinski definition) is 2. The first-order valence-electron chi connectivity index (χ1n) is 7.57. The van der Waals surface area contributed by atoms with E-state index in [4.69, 9.17) is 23.2 Å². The number of aliphatic hydroxyl groups is 1. The number of halogens is 8. The molecule has 0 saturated heterocycles. The normalized spacial score (nSPS) is 15.1. The van der Waals surface area contributed by atoms with E-state index in [-0.39, 0.29) is 16.7 Å². The first-order valence-corrected chi connectivity index (χ1v) is 8.33. The lowest BCUT2D eigenvalue weighted by Crippen LogP contribution is -2.39. The van der Waals surface area contributed by atoms with Crippen molar-refractivity contribution in [2.75, 3.05) is 0 Å². The Balaban J connectivity index is 2.33. The van der Waals surface area contributed by atoms with Gasteiger partial charge in [0.25, 0.3) is 0 Å². The molecule has 0 aliphatic rings. The molecule has 0 saturated carbocycles. The molecule has 1 atom stereocenters. The quantitative estimate of drug-likeness (QED) is 0.485. The highest BCUT2D eigenvalue weighted by Gasteiger charge is 2.53. The van der Waals surface area contributed by atoms with Crippen molar-refractivity contribution in [1.29, 1.82) is 0 Å². The van der Waals surface area contributed by atoms with Gasteiger partial charge >= 0.3 is 12.4 Å². The van der Waals surface area contributed by atoms with Crippen LogP contribution in [0.1, 0.15) is 18.1 Å². The average Bonchev–Trinajstić information content (AvgIpc) is 2.92. The number of nitrogens with zero attached hydrogens (tertiary/aromatic N) is 2. The molecule has 2 aromatic heterocycles. The van der Waals surface area contributed by atoms with E-state index in [0.29, 0.717) is 19.1 Å². The summed E-state index contributed by atoms with van der Waals surface area (Å²) >= 11 is 12.0. The molecule has 3 nitrogen and oxygen atoms in total. The molecule has 11 heteroatoms. The van der Waals surface area contributed by atoms with Crippen LogP contribution < -0.4 is 0 Å². The molecule has 0 aliphatic heterocycles. The molecular weight excluding hydrogens is 433 g/mol. The van der Waals surface area contributed by atoms with Gasteiger partial charge in [-0.05, 0) is 31.2 Å². The van der Waals surface area contributed by atoms with E-state index >= 15 is 0 Å². The van der Waals surface area contributed by atoms with Gasteiger partial charge in [-0.2, -0.15) is 26.3 Å². The van der Waals surface area contributed by atoms with Crippen molar-refractivity contribution in [2.45, 2.75) is 24.9 Å². The van der Waals surface area contributed by atoms with Gasteiger partial charge in [-0.15, -0.1) is 0 Å². The molecule has 0 spiro atoms. The zero-order chi connectivity index (χ0) is 21.1. The number of fused-ring (bicyclic) bond motifs is 1. The molecule has 150 valence electrons. The Kier molecular flexibility index (Phi) is 4.84. The summed E-state index contributed by atoms with van der Waals surface area (Å²) in [6.45, 7) is 0.552. The molecule has 28 heavy (non-hydrogen) atoms. The van der Waals surface area contributed by atoms with Crippen LogP contribution in [0.15, 0.2) is 36.7 Å². The Bertz CT molecular complexity index is 1030. The lowest BCUT2D eigenvalue weighted by molar-refractivity contribution is -0.258. The summed E-state index contributed by atoms with van der Waals surface area (Å²) in [6, 6.07) is 4.03. The number of alkyl halides is 6. The Hall–Kier alpha value is -1.97. The van der Waals surface area contributed by atoms with Gasteiger partial charge in [0, 0.05) is 18.0 Å². The summed E-state index contributed by atoms with van der Waals surface area (Å²) in [5, 5.41) is 9.21. The second-order valence-electron chi connectivity index (χ2n) is 6.14. The van der Waals surface area contributed by atoms with E-state index < -0.39 is 39.1 Å². The molecule has 3 aromatic rings. The third kappa shape index (κ3) is 3.31. The molecule has 1 aromatic carbocycles. The Morgan fingerprint density at radius 1 is 1.04 bits per heavy atom. The number of benzene rings is 1. The van der Waals surface area contributed by atoms with Crippen LogP contribution in [0.5, 0.6) is 0 Å². The van der Waals surface area contributed by atoms with Crippen LogP contribution in [0, 0.1) is 0 Å². The highest BCUT2D eigenvalue weighted by molar-refractivity contribution is 6.38. The molecule has 0 fully saturated rings. The lowest BCUT2D eigenvalue weighted by atomic mass is 9.97. The predicted octanol–water partition coefficient (Wildman–Crippen LogP) is 6.12. The monoisotopic (exact) mass is 442 g/mol. The average molecular weight is 443 g/mol. The van der Waals surface area contributed by atoms with Crippen molar-refractivity contribution >= 4 is 34.2 Å². The van der Waals surface area contributed by atoms with Crippen molar-refractivity contribution in [3.8, 4) is 5.69 Å². The number of rotatable bonds is 2. The van der Waals surface area contributed by atoms with Gasteiger partial charge in [-0.25, -0.2) is 0 Å². The summed E-state index contributed by atoms with van der Waals surface area (Å²) in [6.07, 6.45) is -7.61. The number of aromatic nitrogens is 2. The van der Waals surface area contributed by atoms with Crippen molar-refractivity contribution in [1.82, 2.24) is 9.55 Å². The Labute approximate surface area is 164 Å². The van der Waals surface area contributed by atoms with Crippen LogP contribution in [-0.2, 0) is 11.8 Å². The lowest BCUT2D eigenvalue weighted by Gasteiger charge is -2.25. The zero-order valence-electron chi connectivity index (χ0n) is 13.8. The van der Waals surface area contributed by atoms with Gasteiger partial charge in [0.2, 0.25) is 0 Å². The van der Waals surface area contributed by atoms with Crippen LogP contribution in [0.4, 0.5) is 26.3 Å².